The van der Waals surface area contributed by atoms with Gasteiger partial charge in [-0.2, -0.15) is 0 Å². The third kappa shape index (κ3) is 8.52. The van der Waals surface area contributed by atoms with Gasteiger partial charge in [0.25, 0.3) is 0 Å². The van der Waals surface area contributed by atoms with Gasteiger partial charge in [0.1, 0.15) is 0 Å². The van der Waals surface area contributed by atoms with Crippen molar-refractivity contribution in [3.8, 4) is 0 Å². The number of carboxylic acid groups (broad SMARTS) is 2. The second-order valence-corrected chi connectivity index (χ2v) is 14.8. The molecular weight excluding hydrogens is 652 g/mol. The van der Waals surface area contributed by atoms with E-state index < -0.39 is 11.9 Å². The van der Waals surface area contributed by atoms with Gasteiger partial charge < -0.3 is 24.9 Å². The van der Waals surface area contributed by atoms with Crippen molar-refractivity contribution in [1.29, 1.82) is 0 Å². The van der Waals surface area contributed by atoms with Gasteiger partial charge in [0.15, 0.2) is 0 Å². The Kier molecular flexibility index (Phi) is 13.1. The number of aryl methyl sites for hydroxylation is 3. The van der Waals surface area contributed by atoms with Crippen LogP contribution in [-0.2, 0) is 16.1 Å². The maximum Gasteiger partial charge on any atom is 0.338 e. The van der Waals surface area contributed by atoms with Crippen molar-refractivity contribution >= 4 is 45.2 Å². The van der Waals surface area contributed by atoms with Crippen LogP contribution in [0.5, 0.6) is 0 Å². The molecule has 0 aromatic carbocycles. The largest absolute Gasteiger partial charge is 0.481 e. The number of rotatable bonds is 17. The molecule has 0 fully saturated rings. The lowest BCUT2D eigenvalue weighted by molar-refractivity contribution is -0.137. The lowest BCUT2D eigenvalue weighted by Crippen LogP contribution is -2.07. The van der Waals surface area contributed by atoms with E-state index in [9.17, 15) is 19.8 Å². The molecule has 5 rings (SSSR count). The summed E-state index contributed by atoms with van der Waals surface area (Å²) in [5, 5.41) is 20.0. The summed E-state index contributed by atoms with van der Waals surface area (Å²) in [5.74, 6) is -2.16. The average molecular weight is 711 g/mol. The highest BCUT2D eigenvalue weighted by atomic mass is 16.5. The van der Waals surface area contributed by atoms with Crippen LogP contribution in [0.1, 0.15) is 172 Å². The molecule has 0 amide bonds. The van der Waals surface area contributed by atoms with Gasteiger partial charge in [-0.05, 0) is 93.0 Å². The molecule has 0 radical (unpaired) electrons. The van der Waals surface area contributed by atoms with E-state index in [2.05, 4.69) is 56.7 Å². The molecule has 2 aliphatic rings. The number of aliphatic carboxylic acids is 1. The van der Waals surface area contributed by atoms with E-state index in [0.717, 1.165) is 68.9 Å². The summed E-state index contributed by atoms with van der Waals surface area (Å²) < 4.78 is 6.32. The van der Waals surface area contributed by atoms with Crippen molar-refractivity contribution in [2.75, 3.05) is 6.61 Å². The fraction of sp³-hybridized carbons (Fsp3) is 0.535. The van der Waals surface area contributed by atoms with Gasteiger partial charge in [-0.3, -0.25) is 9.78 Å². The van der Waals surface area contributed by atoms with Gasteiger partial charge >= 0.3 is 11.9 Å². The zero-order valence-corrected chi connectivity index (χ0v) is 32.3. The van der Waals surface area contributed by atoms with Crippen molar-refractivity contribution in [3.05, 3.63) is 68.8 Å². The molecule has 9 nitrogen and oxygen atoms in total. The SMILES string of the molecule is CCCCCCCCCCCOCc1c(C)c2cc3nc(c(C)c4[nH]c(cc5nc(cc1[nH]2)C(C)=C5CC)c(C)c4C(=O)O)[C@@H](CCC(=O)O)[C@@H]3C. The number of hydrogen-bond acceptors (Lipinski definition) is 5. The first-order chi connectivity index (χ1) is 25.0. The standard InChI is InChI=1S/C43H58N4O5/c1-8-10-11-12-13-14-15-16-17-20-52-24-32-27(5)33-21-35-26(4)31(18-19-39(48)49)41(46-35)29(7)42-40(43(50)51)28(6)36(47-42)23-37-30(9-2)25(3)34(44-37)22-38(32)45-33/h21-23,26,31,45,47H,8-20,24H2,1-7H3,(H,48,49)(H,50,51)/t26-,31-/m0/s1. The predicted octanol–water partition coefficient (Wildman–Crippen LogP) is 11.1. The number of carboxylic acids is 2. The second kappa shape index (κ2) is 17.5. The molecule has 3 aromatic rings. The highest BCUT2D eigenvalue weighted by Gasteiger charge is 2.32. The molecule has 0 saturated heterocycles. The molecule has 0 unspecified atom stereocenters. The van der Waals surface area contributed by atoms with Crippen LogP contribution in [0.2, 0.25) is 0 Å². The van der Waals surface area contributed by atoms with E-state index in [1.165, 1.54) is 51.4 Å². The summed E-state index contributed by atoms with van der Waals surface area (Å²) in [7, 11) is 0. The number of aromatic carboxylic acids is 1. The van der Waals surface area contributed by atoms with Gasteiger partial charge in [-0.1, -0.05) is 72.1 Å². The van der Waals surface area contributed by atoms with Crippen LogP contribution in [0, 0.1) is 20.8 Å². The number of hydrogen-bond donors (Lipinski definition) is 4. The Morgan fingerprint density at radius 2 is 1.44 bits per heavy atom. The molecule has 52 heavy (non-hydrogen) atoms. The minimum atomic E-state index is -1.02. The number of nitrogens with zero attached hydrogens (tertiary/aromatic N) is 2. The highest BCUT2D eigenvalue weighted by Crippen LogP contribution is 2.42. The smallest absolute Gasteiger partial charge is 0.338 e. The van der Waals surface area contributed by atoms with Crippen LogP contribution in [0.4, 0.5) is 0 Å². The van der Waals surface area contributed by atoms with Crippen molar-refractivity contribution < 1.29 is 24.5 Å². The molecule has 4 N–H and O–H groups in total. The van der Waals surface area contributed by atoms with E-state index in [1.54, 1.807) is 0 Å². The zero-order chi connectivity index (χ0) is 37.5. The summed E-state index contributed by atoms with van der Waals surface area (Å²) in [6.07, 6.45) is 12.6. The Hall–Kier alpha value is -4.24. The molecule has 0 spiro atoms. The number of aromatic nitrogens is 4. The monoisotopic (exact) mass is 710 g/mol. The van der Waals surface area contributed by atoms with Gasteiger partial charge in [0.2, 0.25) is 0 Å². The summed E-state index contributed by atoms with van der Waals surface area (Å²) in [4.78, 5) is 41.8. The first kappa shape index (κ1) is 39.0. The number of nitrogens with one attached hydrogen (secondary N) is 2. The minimum absolute atomic E-state index is 0.00580. The van der Waals surface area contributed by atoms with Crippen LogP contribution in [-0.4, -0.2) is 48.7 Å². The van der Waals surface area contributed by atoms with E-state index >= 15 is 0 Å². The fourth-order valence-corrected chi connectivity index (χ4v) is 7.97. The molecular formula is C43H58N4O5. The van der Waals surface area contributed by atoms with Crippen molar-refractivity contribution in [2.45, 2.75) is 144 Å². The highest BCUT2D eigenvalue weighted by molar-refractivity contribution is 6.02. The van der Waals surface area contributed by atoms with Crippen molar-refractivity contribution in [1.82, 2.24) is 19.9 Å². The Morgan fingerprint density at radius 3 is 2.10 bits per heavy atom. The van der Waals surface area contributed by atoms with Crippen LogP contribution < -0.4 is 0 Å². The van der Waals surface area contributed by atoms with Crippen molar-refractivity contribution in [2.24, 2.45) is 0 Å². The number of aromatic amines is 2. The number of ether oxygens (including phenoxy) is 1. The van der Waals surface area contributed by atoms with Gasteiger partial charge in [0.05, 0.1) is 29.1 Å². The van der Waals surface area contributed by atoms with Crippen LogP contribution in [0.25, 0.3) is 33.2 Å². The Bertz CT molecular complexity index is 1980. The summed E-state index contributed by atoms with van der Waals surface area (Å²) in [6, 6.07) is 6.15. The first-order valence-corrected chi connectivity index (χ1v) is 19.4. The van der Waals surface area contributed by atoms with E-state index in [1.807, 2.05) is 19.9 Å². The van der Waals surface area contributed by atoms with E-state index in [4.69, 9.17) is 14.7 Å². The molecule has 0 saturated carbocycles. The quantitative estimate of drug-likeness (QED) is 0.102. The molecule has 2 aliphatic heterocycles. The van der Waals surface area contributed by atoms with Gasteiger partial charge in [-0.15, -0.1) is 0 Å². The van der Waals surface area contributed by atoms with Crippen LogP contribution >= 0.6 is 0 Å². The molecule has 280 valence electrons. The van der Waals surface area contributed by atoms with Crippen molar-refractivity contribution in [3.63, 3.8) is 0 Å². The lowest BCUT2D eigenvalue weighted by atomic mass is 9.86. The second-order valence-electron chi connectivity index (χ2n) is 14.8. The molecule has 2 atom stereocenters. The average Bonchev–Trinajstić information content (AvgIpc) is 3.79. The molecule has 0 aliphatic carbocycles. The molecule has 9 heteroatoms. The zero-order valence-electron chi connectivity index (χ0n) is 32.3. The lowest BCUT2D eigenvalue weighted by Gasteiger charge is -2.16. The van der Waals surface area contributed by atoms with E-state index in [0.29, 0.717) is 41.8 Å². The number of carbonyl (C=O) groups is 2. The summed E-state index contributed by atoms with van der Waals surface area (Å²) >= 11 is 0. The maximum atomic E-state index is 12.7. The molecule has 8 bridgehead atoms. The number of fused-ring (bicyclic) bond motifs is 8. The Balaban J connectivity index is 1.62. The number of H-pyrrole nitrogens is 2. The Labute approximate surface area is 308 Å². The fourth-order valence-electron chi connectivity index (χ4n) is 7.97. The Morgan fingerprint density at radius 1 is 0.788 bits per heavy atom. The summed E-state index contributed by atoms with van der Waals surface area (Å²) in [5.41, 5.74) is 12.2. The maximum absolute atomic E-state index is 12.7. The predicted molar refractivity (Wildman–Crippen MR) is 210 cm³/mol. The number of unbranched alkanes of at least 4 members (excludes halogenated alkanes) is 8. The third-order valence-corrected chi connectivity index (χ3v) is 11.3. The van der Waals surface area contributed by atoms with Crippen LogP contribution in [0.15, 0.2) is 18.2 Å². The normalized spacial score (nSPS) is 15.8. The summed E-state index contributed by atoms with van der Waals surface area (Å²) in [6.45, 7) is 15.6. The van der Waals surface area contributed by atoms with Crippen LogP contribution in [0.3, 0.4) is 0 Å². The molecule has 3 aromatic heterocycles. The third-order valence-electron chi connectivity index (χ3n) is 11.3. The minimum Gasteiger partial charge on any atom is -0.481 e. The first-order valence-electron chi connectivity index (χ1n) is 19.4. The number of allylic oxidation sites excluding steroid dienone is 2. The van der Waals surface area contributed by atoms with Gasteiger partial charge in [-0.25, -0.2) is 9.78 Å². The topological polar surface area (TPSA) is 141 Å². The van der Waals surface area contributed by atoms with Gasteiger partial charge in [0, 0.05) is 58.4 Å². The molecule has 5 heterocycles. The van der Waals surface area contributed by atoms with E-state index in [-0.39, 0.29) is 23.8 Å².